The summed E-state index contributed by atoms with van der Waals surface area (Å²) in [7, 11) is 1.39. The second-order valence-electron chi connectivity index (χ2n) is 3.39. The molecule has 2 aromatic heterocycles. The van der Waals surface area contributed by atoms with Gasteiger partial charge in [0, 0.05) is 12.4 Å². The minimum atomic E-state index is -0.252. The average Bonchev–Trinajstić information content (AvgIpc) is 2.63. The summed E-state index contributed by atoms with van der Waals surface area (Å²) in [6, 6.07) is 3.93. The van der Waals surface area contributed by atoms with E-state index in [0.717, 1.165) is 16.9 Å². The van der Waals surface area contributed by atoms with Gasteiger partial charge in [0.15, 0.2) is 0 Å². The van der Waals surface area contributed by atoms with E-state index in [2.05, 4.69) is 9.72 Å². The maximum Gasteiger partial charge on any atom is 0.311 e. The molecule has 0 aliphatic heterocycles. The van der Waals surface area contributed by atoms with Gasteiger partial charge >= 0.3 is 5.97 Å². The molecule has 78 valence electrons. The highest BCUT2D eigenvalue weighted by atomic mass is 16.5. The highest BCUT2D eigenvalue weighted by Gasteiger charge is 2.09. The first kappa shape index (κ1) is 9.71. The third kappa shape index (κ3) is 1.70. The Morgan fingerprint density at radius 1 is 1.60 bits per heavy atom. The maximum atomic E-state index is 11.1. The van der Waals surface area contributed by atoms with Gasteiger partial charge in [-0.2, -0.15) is 0 Å². The van der Waals surface area contributed by atoms with Gasteiger partial charge < -0.3 is 9.14 Å². The van der Waals surface area contributed by atoms with Gasteiger partial charge in [0.25, 0.3) is 0 Å². The fraction of sp³-hybridized carbons (Fsp3) is 0.273. The molecule has 2 heterocycles. The van der Waals surface area contributed by atoms with Crippen LogP contribution in [0, 0.1) is 6.92 Å². The number of nitrogens with zero attached hydrogens (tertiary/aromatic N) is 2. The standard InChI is InChI=1S/C11H12N2O2/c1-8-4-3-5-13-9(6-10(14)15-2)7-12-11(8)13/h3-5,7H,6H2,1-2H3. The zero-order valence-electron chi connectivity index (χ0n) is 8.73. The summed E-state index contributed by atoms with van der Waals surface area (Å²) in [6.45, 7) is 1.99. The molecule has 0 aliphatic carbocycles. The molecule has 2 rings (SSSR count). The molecule has 0 amide bonds. The van der Waals surface area contributed by atoms with Gasteiger partial charge in [-0.05, 0) is 18.6 Å². The molecule has 0 saturated heterocycles. The van der Waals surface area contributed by atoms with Crippen LogP contribution in [-0.4, -0.2) is 22.5 Å². The fourth-order valence-electron chi connectivity index (χ4n) is 1.55. The van der Waals surface area contributed by atoms with E-state index in [9.17, 15) is 4.79 Å². The summed E-state index contributed by atoms with van der Waals surface area (Å²) in [6.07, 6.45) is 3.86. The first-order valence-electron chi connectivity index (χ1n) is 4.70. The van der Waals surface area contributed by atoms with Crippen molar-refractivity contribution in [3.05, 3.63) is 35.8 Å². The summed E-state index contributed by atoms with van der Waals surface area (Å²) in [5, 5.41) is 0. The van der Waals surface area contributed by atoms with Crippen molar-refractivity contribution in [3.8, 4) is 0 Å². The number of hydrogen-bond acceptors (Lipinski definition) is 3. The van der Waals surface area contributed by atoms with E-state index in [1.54, 1.807) is 6.20 Å². The molecule has 0 aliphatic rings. The van der Waals surface area contributed by atoms with Crippen molar-refractivity contribution < 1.29 is 9.53 Å². The molecule has 0 bridgehead atoms. The molecule has 0 spiro atoms. The topological polar surface area (TPSA) is 43.6 Å². The lowest BCUT2D eigenvalue weighted by molar-refractivity contribution is -0.139. The van der Waals surface area contributed by atoms with E-state index >= 15 is 0 Å². The monoisotopic (exact) mass is 204 g/mol. The average molecular weight is 204 g/mol. The molecule has 15 heavy (non-hydrogen) atoms. The van der Waals surface area contributed by atoms with E-state index in [1.807, 2.05) is 29.7 Å². The number of methoxy groups -OCH3 is 1. The number of carbonyl (C=O) groups is 1. The van der Waals surface area contributed by atoms with Gasteiger partial charge in [-0.3, -0.25) is 4.79 Å². The molecule has 0 fully saturated rings. The summed E-state index contributed by atoms with van der Waals surface area (Å²) in [4.78, 5) is 15.4. The molecule has 0 aromatic carbocycles. The van der Waals surface area contributed by atoms with Crippen LogP contribution in [0.3, 0.4) is 0 Å². The molecule has 0 atom stereocenters. The van der Waals surface area contributed by atoms with Crippen molar-refractivity contribution in [2.24, 2.45) is 0 Å². The van der Waals surface area contributed by atoms with E-state index in [-0.39, 0.29) is 12.4 Å². The minimum absolute atomic E-state index is 0.251. The number of imidazole rings is 1. The normalized spacial score (nSPS) is 10.5. The van der Waals surface area contributed by atoms with Gasteiger partial charge in [-0.25, -0.2) is 4.98 Å². The summed E-state index contributed by atoms with van der Waals surface area (Å²) >= 11 is 0. The van der Waals surface area contributed by atoms with Crippen LogP contribution in [0.2, 0.25) is 0 Å². The quantitative estimate of drug-likeness (QED) is 0.694. The second-order valence-corrected chi connectivity index (χ2v) is 3.39. The Kier molecular flexibility index (Phi) is 2.41. The van der Waals surface area contributed by atoms with Crippen LogP contribution in [0.25, 0.3) is 5.65 Å². The maximum absolute atomic E-state index is 11.1. The van der Waals surface area contributed by atoms with Crippen molar-refractivity contribution in [3.63, 3.8) is 0 Å². The van der Waals surface area contributed by atoms with E-state index < -0.39 is 0 Å². The molecule has 0 saturated carbocycles. The smallest absolute Gasteiger partial charge is 0.311 e. The summed E-state index contributed by atoms with van der Waals surface area (Å²) in [5.41, 5.74) is 2.82. The SMILES string of the molecule is COC(=O)Cc1cnc2c(C)cccn12. The number of esters is 1. The van der Waals surface area contributed by atoms with Crippen LogP contribution in [0.4, 0.5) is 0 Å². The Balaban J connectivity index is 2.45. The Labute approximate surface area is 87.5 Å². The third-order valence-corrected chi connectivity index (χ3v) is 2.36. The number of rotatable bonds is 2. The Hall–Kier alpha value is -1.84. The van der Waals surface area contributed by atoms with Crippen LogP contribution >= 0.6 is 0 Å². The number of aromatic nitrogens is 2. The lowest BCUT2D eigenvalue weighted by atomic mass is 10.3. The molecular formula is C11H12N2O2. The number of aryl methyl sites for hydroxylation is 1. The van der Waals surface area contributed by atoms with E-state index in [1.165, 1.54) is 7.11 Å². The second kappa shape index (κ2) is 3.73. The highest BCUT2D eigenvalue weighted by Crippen LogP contribution is 2.11. The molecular weight excluding hydrogens is 192 g/mol. The van der Waals surface area contributed by atoms with E-state index in [4.69, 9.17) is 0 Å². The van der Waals surface area contributed by atoms with Gasteiger partial charge in [0.05, 0.1) is 19.2 Å². The van der Waals surface area contributed by atoms with Crippen LogP contribution in [0.5, 0.6) is 0 Å². The van der Waals surface area contributed by atoms with Gasteiger partial charge in [0.1, 0.15) is 5.65 Å². The van der Waals surface area contributed by atoms with Gasteiger partial charge in [-0.15, -0.1) is 0 Å². The molecule has 4 nitrogen and oxygen atoms in total. The molecule has 0 unspecified atom stereocenters. The highest BCUT2D eigenvalue weighted by molar-refractivity contribution is 5.72. The first-order valence-corrected chi connectivity index (χ1v) is 4.70. The zero-order chi connectivity index (χ0) is 10.8. The Bertz CT molecular complexity index is 502. The van der Waals surface area contributed by atoms with Crippen molar-refractivity contribution >= 4 is 11.6 Å². The van der Waals surface area contributed by atoms with Crippen LogP contribution in [-0.2, 0) is 16.0 Å². The Morgan fingerprint density at radius 2 is 2.40 bits per heavy atom. The molecule has 2 aromatic rings. The van der Waals surface area contributed by atoms with Gasteiger partial charge in [-0.1, -0.05) is 6.07 Å². The number of pyridine rings is 1. The number of fused-ring (bicyclic) bond motifs is 1. The zero-order valence-corrected chi connectivity index (χ0v) is 8.73. The Morgan fingerprint density at radius 3 is 3.13 bits per heavy atom. The number of hydrogen-bond donors (Lipinski definition) is 0. The van der Waals surface area contributed by atoms with Crippen molar-refractivity contribution in [1.82, 2.24) is 9.38 Å². The number of carbonyl (C=O) groups excluding carboxylic acids is 1. The van der Waals surface area contributed by atoms with Crippen LogP contribution in [0.15, 0.2) is 24.5 Å². The number of ether oxygens (including phenoxy) is 1. The van der Waals surface area contributed by atoms with Crippen LogP contribution < -0.4 is 0 Å². The van der Waals surface area contributed by atoms with Crippen LogP contribution in [0.1, 0.15) is 11.3 Å². The summed E-state index contributed by atoms with van der Waals surface area (Å²) < 4.78 is 6.53. The lowest BCUT2D eigenvalue weighted by Crippen LogP contribution is -2.06. The third-order valence-electron chi connectivity index (χ3n) is 2.36. The minimum Gasteiger partial charge on any atom is -0.469 e. The van der Waals surface area contributed by atoms with Crippen molar-refractivity contribution in [1.29, 1.82) is 0 Å². The summed E-state index contributed by atoms with van der Waals surface area (Å²) in [5.74, 6) is -0.252. The van der Waals surface area contributed by atoms with E-state index in [0.29, 0.717) is 0 Å². The van der Waals surface area contributed by atoms with Gasteiger partial charge in [0.2, 0.25) is 0 Å². The fourth-order valence-corrected chi connectivity index (χ4v) is 1.55. The first-order chi connectivity index (χ1) is 7.22. The molecule has 0 N–H and O–H groups in total. The molecule has 4 heteroatoms. The van der Waals surface area contributed by atoms with Crippen molar-refractivity contribution in [2.75, 3.05) is 7.11 Å². The predicted molar refractivity (Wildman–Crippen MR) is 55.6 cm³/mol. The predicted octanol–water partition coefficient (Wildman–Crippen LogP) is 1.36. The lowest BCUT2D eigenvalue weighted by Gasteiger charge is -2.01. The molecule has 0 radical (unpaired) electrons. The largest absolute Gasteiger partial charge is 0.469 e. The van der Waals surface area contributed by atoms with Crippen molar-refractivity contribution in [2.45, 2.75) is 13.3 Å².